The third kappa shape index (κ3) is 4.71. The molecular weight excluding hydrogens is 366 g/mol. The van der Waals surface area contributed by atoms with Crippen LogP contribution in [-0.2, 0) is 11.3 Å². The Balaban J connectivity index is 1.64. The van der Waals surface area contributed by atoms with Gasteiger partial charge in [0.05, 0.1) is 30.7 Å². The van der Waals surface area contributed by atoms with Crippen molar-refractivity contribution in [2.75, 3.05) is 20.3 Å². The molecule has 2 aromatic carbocycles. The first kappa shape index (κ1) is 19.5. The number of benzene rings is 2. The molecule has 144 valence electrons. The predicted octanol–water partition coefficient (Wildman–Crippen LogP) is 2.83. The molecular formula is C20H24ClN3O3. The number of rotatable bonds is 7. The molecule has 1 aliphatic heterocycles. The average Bonchev–Trinajstić information content (AvgIpc) is 3.18. The zero-order chi connectivity index (χ0) is 19.2. The van der Waals surface area contributed by atoms with Crippen molar-refractivity contribution in [3.63, 3.8) is 0 Å². The van der Waals surface area contributed by atoms with Gasteiger partial charge in [-0.15, -0.1) is 0 Å². The summed E-state index contributed by atoms with van der Waals surface area (Å²) in [4.78, 5) is 12.7. The zero-order valence-corrected chi connectivity index (χ0v) is 16.2. The van der Waals surface area contributed by atoms with Gasteiger partial charge in [0, 0.05) is 13.1 Å². The maximum atomic E-state index is 12.7. The molecule has 7 heteroatoms. The Hall–Kier alpha value is -2.28. The Kier molecular flexibility index (Phi) is 6.55. The topological polar surface area (TPSA) is 71.6 Å². The van der Waals surface area contributed by atoms with Crippen molar-refractivity contribution in [1.82, 2.24) is 16.2 Å². The minimum Gasteiger partial charge on any atom is -0.497 e. The van der Waals surface area contributed by atoms with Crippen LogP contribution in [0.3, 0.4) is 0 Å². The molecule has 2 aromatic rings. The van der Waals surface area contributed by atoms with E-state index in [1.54, 1.807) is 7.11 Å². The number of nitrogens with one attached hydrogen (secondary N) is 3. The van der Waals surface area contributed by atoms with Gasteiger partial charge < -0.3 is 14.8 Å². The van der Waals surface area contributed by atoms with Crippen molar-refractivity contribution in [3.05, 3.63) is 58.6 Å². The highest BCUT2D eigenvalue weighted by atomic mass is 35.5. The van der Waals surface area contributed by atoms with Crippen LogP contribution in [0.5, 0.6) is 11.5 Å². The summed E-state index contributed by atoms with van der Waals surface area (Å²) in [5.74, 6) is 1.19. The van der Waals surface area contributed by atoms with Gasteiger partial charge in [0.15, 0.2) is 0 Å². The number of ether oxygens (including phenoxy) is 2. The van der Waals surface area contributed by atoms with E-state index >= 15 is 0 Å². The Bertz CT molecular complexity index is 783. The lowest BCUT2D eigenvalue weighted by Gasteiger charge is -2.19. The first-order chi connectivity index (χ1) is 13.1. The second kappa shape index (κ2) is 9.08. The third-order valence-electron chi connectivity index (χ3n) is 4.56. The molecule has 0 aromatic heterocycles. The van der Waals surface area contributed by atoms with Gasteiger partial charge in [-0.05, 0) is 42.3 Å². The van der Waals surface area contributed by atoms with Gasteiger partial charge >= 0.3 is 0 Å². The fraction of sp³-hybridized carbons (Fsp3) is 0.350. The fourth-order valence-corrected chi connectivity index (χ4v) is 3.35. The largest absolute Gasteiger partial charge is 0.497 e. The van der Waals surface area contributed by atoms with E-state index < -0.39 is 0 Å². The van der Waals surface area contributed by atoms with E-state index in [2.05, 4.69) is 16.2 Å². The van der Waals surface area contributed by atoms with Crippen LogP contribution < -0.4 is 25.6 Å². The number of methoxy groups -OCH3 is 1. The Morgan fingerprint density at radius 1 is 1.26 bits per heavy atom. The molecule has 1 amide bonds. The smallest absolute Gasteiger partial charge is 0.226 e. The molecule has 2 atom stereocenters. The molecule has 1 heterocycles. The van der Waals surface area contributed by atoms with Crippen LogP contribution in [0.2, 0.25) is 5.02 Å². The van der Waals surface area contributed by atoms with Crippen molar-refractivity contribution < 1.29 is 14.3 Å². The Labute approximate surface area is 164 Å². The van der Waals surface area contributed by atoms with Gasteiger partial charge in [0.2, 0.25) is 5.91 Å². The normalized spacial score (nSPS) is 18.9. The highest BCUT2D eigenvalue weighted by Crippen LogP contribution is 2.32. The van der Waals surface area contributed by atoms with Gasteiger partial charge in [-0.2, -0.15) is 0 Å². The number of carbonyl (C=O) groups is 1. The highest BCUT2D eigenvalue weighted by Gasteiger charge is 2.34. The number of halogens is 1. The van der Waals surface area contributed by atoms with E-state index in [0.29, 0.717) is 30.5 Å². The van der Waals surface area contributed by atoms with Gasteiger partial charge in [0.25, 0.3) is 0 Å². The van der Waals surface area contributed by atoms with E-state index in [0.717, 1.165) is 16.9 Å². The molecule has 1 saturated heterocycles. The second-order valence-electron chi connectivity index (χ2n) is 6.30. The molecule has 27 heavy (non-hydrogen) atoms. The summed E-state index contributed by atoms with van der Waals surface area (Å²) < 4.78 is 10.6. The van der Waals surface area contributed by atoms with Gasteiger partial charge in [-0.1, -0.05) is 29.8 Å². The second-order valence-corrected chi connectivity index (χ2v) is 6.71. The van der Waals surface area contributed by atoms with E-state index in [9.17, 15) is 4.79 Å². The van der Waals surface area contributed by atoms with Crippen molar-refractivity contribution in [2.24, 2.45) is 5.92 Å². The fourth-order valence-electron chi connectivity index (χ4n) is 3.10. The summed E-state index contributed by atoms with van der Waals surface area (Å²) in [5.41, 5.74) is 8.20. The van der Waals surface area contributed by atoms with Gasteiger partial charge in [-0.3, -0.25) is 10.2 Å². The molecule has 0 aliphatic carbocycles. The predicted molar refractivity (Wildman–Crippen MR) is 105 cm³/mol. The summed E-state index contributed by atoms with van der Waals surface area (Å²) in [6, 6.07) is 13.1. The van der Waals surface area contributed by atoms with Crippen molar-refractivity contribution in [1.29, 1.82) is 0 Å². The van der Waals surface area contributed by atoms with Crippen LogP contribution in [0.25, 0.3) is 0 Å². The molecule has 2 unspecified atom stereocenters. The number of hydrogen-bond donors (Lipinski definition) is 3. The van der Waals surface area contributed by atoms with Crippen LogP contribution in [0.15, 0.2) is 42.5 Å². The summed E-state index contributed by atoms with van der Waals surface area (Å²) in [6.07, 6.45) is 0. The summed E-state index contributed by atoms with van der Waals surface area (Å²) >= 11 is 6.30. The molecule has 1 fully saturated rings. The van der Waals surface area contributed by atoms with Crippen LogP contribution in [0.1, 0.15) is 24.1 Å². The SMILES string of the molecule is CCOc1ccc(C2NNCC2C(=O)NCc2ccc(OC)cc2)cc1Cl. The lowest BCUT2D eigenvalue weighted by molar-refractivity contribution is -0.125. The standard InChI is InChI=1S/C20H24ClN3O3/c1-3-27-18-9-6-14(10-17(18)21)19-16(12-23-24-19)20(25)22-11-13-4-7-15(26-2)8-5-13/h4-10,16,19,23-24H,3,11-12H2,1-2H3,(H,22,25). The Morgan fingerprint density at radius 2 is 2.04 bits per heavy atom. The van der Waals surface area contributed by atoms with E-state index in [4.69, 9.17) is 21.1 Å². The minimum absolute atomic E-state index is 0.0154. The zero-order valence-electron chi connectivity index (χ0n) is 15.4. The van der Waals surface area contributed by atoms with Crippen molar-refractivity contribution in [2.45, 2.75) is 19.5 Å². The summed E-state index contributed by atoms with van der Waals surface area (Å²) in [6.45, 7) is 3.48. The first-order valence-corrected chi connectivity index (χ1v) is 9.31. The van der Waals surface area contributed by atoms with Crippen LogP contribution in [0.4, 0.5) is 0 Å². The average molecular weight is 390 g/mol. The molecule has 1 aliphatic rings. The van der Waals surface area contributed by atoms with Gasteiger partial charge in [0.1, 0.15) is 11.5 Å². The first-order valence-electron chi connectivity index (χ1n) is 8.93. The molecule has 0 spiro atoms. The van der Waals surface area contributed by atoms with Gasteiger partial charge in [-0.25, -0.2) is 5.43 Å². The summed E-state index contributed by atoms with van der Waals surface area (Å²) in [5, 5.41) is 3.55. The quantitative estimate of drug-likeness (QED) is 0.679. The molecule has 6 nitrogen and oxygen atoms in total. The van der Waals surface area contributed by atoms with E-state index in [-0.39, 0.29) is 17.9 Å². The molecule has 0 saturated carbocycles. The van der Waals surface area contributed by atoms with Crippen LogP contribution in [0, 0.1) is 5.92 Å². The molecule has 3 N–H and O–H groups in total. The highest BCUT2D eigenvalue weighted by molar-refractivity contribution is 6.32. The lowest BCUT2D eigenvalue weighted by Crippen LogP contribution is -2.34. The lowest BCUT2D eigenvalue weighted by atomic mass is 9.94. The van der Waals surface area contributed by atoms with Crippen LogP contribution in [-0.4, -0.2) is 26.2 Å². The Morgan fingerprint density at radius 3 is 2.70 bits per heavy atom. The number of hydrogen-bond acceptors (Lipinski definition) is 5. The third-order valence-corrected chi connectivity index (χ3v) is 4.85. The van der Waals surface area contributed by atoms with Crippen molar-refractivity contribution >= 4 is 17.5 Å². The van der Waals surface area contributed by atoms with Crippen LogP contribution >= 0.6 is 11.6 Å². The molecule has 0 radical (unpaired) electrons. The summed E-state index contributed by atoms with van der Waals surface area (Å²) in [7, 11) is 1.63. The van der Waals surface area contributed by atoms with Crippen molar-refractivity contribution in [3.8, 4) is 11.5 Å². The maximum absolute atomic E-state index is 12.7. The molecule has 3 rings (SSSR count). The number of amides is 1. The molecule has 0 bridgehead atoms. The number of carbonyl (C=O) groups excluding carboxylic acids is 1. The maximum Gasteiger partial charge on any atom is 0.226 e. The van der Waals surface area contributed by atoms with E-state index in [1.807, 2.05) is 49.4 Å². The minimum atomic E-state index is -0.239. The monoisotopic (exact) mass is 389 g/mol. The number of hydrazine groups is 1. The van der Waals surface area contributed by atoms with E-state index in [1.165, 1.54) is 0 Å².